The van der Waals surface area contributed by atoms with E-state index >= 15 is 0 Å². The summed E-state index contributed by atoms with van der Waals surface area (Å²) >= 11 is 0. The van der Waals surface area contributed by atoms with Crippen molar-refractivity contribution in [3.05, 3.63) is 41.5 Å². The predicted octanol–water partition coefficient (Wildman–Crippen LogP) is 8.08. The molecule has 0 amide bonds. The van der Waals surface area contributed by atoms with Crippen LogP contribution in [0.3, 0.4) is 0 Å². The molecule has 1 aromatic carbocycles. The lowest BCUT2D eigenvalue weighted by atomic mass is 9.46. The fraction of sp³-hybridized carbons (Fsp3) is 0.765. The van der Waals surface area contributed by atoms with Crippen molar-refractivity contribution in [3.8, 4) is 0 Å². The number of allylic oxidation sites excluding steroid dienone is 1. The topological polar surface area (TPSA) is 63.6 Å². The summed E-state index contributed by atoms with van der Waals surface area (Å²) in [7, 11) is -3.87. The van der Waals surface area contributed by atoms with Crippen molar-refractivity contribution < 1.29 is 17.7 Å². The van der Waals surface area contributed by atoms with Crippen molar-refractivity contribution in [3.63, 3.8) is 0 Å². The third kappa shape index (κ3) is 5.30. The van der Waals surface area contributed by atoms with Crippen LogP contribution in [0.1, 0.15) is 104 Å². The van der Waals surface area contributed by atoms with Gasteiger partial charge in [0, 0.05) is 11.8 Å². The number of aliphatic hydroxyl groups is 1. The summed E-state index contributed by atoms with van der Waals surface area (Å²) in [6, 6.07) is 6.81. The van der Waals surface area contributed by atoms with Gasteiger partial charge in [-0.25, -0.2) is 0 Å². The van der Waals surface area contributed by atoms with E-state index in [-0.39, 0.29) is 10.3 Å². The third-order valence-corrected chi connectivity index (χ3v) is 13.3. The predicted molar refractivity (Wildman–Crippen MR) is 158 cm³/mol. The maximum absolute atomic E-state index is 13.0. The molecule has 3 saturated carbocycles. The first kappa shape index (κ1) is 29.3. The Bertz CT molecular complexity index is 1150. The zero-order chi connectivity index (χ0) is 28.2. The molecular formula is C34H52O4S. The first-order chi connectivity index (χ1) is 18.4. The number of aliphatic hydroxyl groups excluding tert-OH is 1. The number of aryl methyl sites for hydroxylation is 1. The van der Waals surface area contributed by atoms with Gasteiger partial charge in [-0.05, 0) is 98.5 Å². The number of hydrogen-bond acceptors (Lipinski definition) is 4. The van der Waals surface area contributed by atoms with Gasteiger partial charge in [0.15, 0.2) is 0 Å². The summed E-state index contributed by atoms with van der Waals surface area (Å²) in [6.07, 6.45) is 12.5. The lowest BCUT2D eigenvalue weighted by Gasteiger charge is -2.59. The van der Waals surface area contributed by atoms with Gasteiger partial charge in [0.05, 0.1) is 17.1 Å². The van der Waals surface area contributed by atoms with Gasteiger partial charge in [0.1, 0.15) is 0 Å². The van der Waals surface area contributed by atoms with Crippen LogP contribution in [0.15, 0.2) is 40.8 Å². The van der Waals surface area contributed by atoms with Crippen LogP contribution >= 0.6 is 0 Å². The van der Waals surface area contributed by atoms with Gasteiger partial charge < -0.3 is 5.11 Å². The van der Waals surface area contributed by atoms with E-state index in [4.69, 9.17) is 4.18 Å². The minimum absolute atomic E-state index is 0.189. The quantitative estimate of drug-likeness (QED) is 0.260. The number of hydrogen-bond donors (Lipinski definition) is 1. The fourth-order valence-corrected chi connectivity index (χ4v) is 10.8. The molecule has 0 heterocycles. The lowest BCUT2D eigenvalue weighted by molar-refractivity contribution is -0.105. The summed E-state index contributed by atoms with van der Waals surface area (Å²) in [5.41, 5.74) is 2.37. The summed E-state index contributed by atoms with van der Waals surface area (Å²) in [6.45, 7) is 14.0. The van der Waals surface area contributed by atoms with E-state index in [1.807, 2.05) is 6.92 Å². The molecule has 0 bridgehead atoms. The lowest BCUT2D eigenvalue weighted by Crippen LogP contribution is -2.56. The molecule has 3 fully saturated rings. The molecule has 39 heavy (non-hydrogen) atoms. The van der Waals surface area contributed by atoms with Gasteiger partial charge in [-0.2, -0.15) is 8.42 Å². The molecule has 0 saturated heterocycles. The maximum atomic E-state index is 13.0. The molecule has 0 aliphatic heterocycles. The summed E-state index contributed by atoms with van der Waals surface area (Å²) in [4.78, 5) is 0.189. The average molecular weight is 557 g/mol. The van der Waals surface area contributed by atoms with Gasteiger partial charge in [0.25, 0.3) is 10.1 Å². The van der Waals surface area contributed by atoms with Gasteiger partial charge in [-0.1, -0.05) is 83.2 Å². The molecule has 9 atom stereocenters. The van der Waals surface area contributed by atoms with Crippen molar-refractivity contribution in [2.75, 3.05) is 0 Å². The van der Waals surface area contributed by atoms with E-state index in [2.05, 4.69) is 40.7 Å². The van der Waals surface area contributed by atoms with Gasteiger partial charge in [0.2, 0.25) is 0 Å². The Balaban J connectivity index is 1.30. The monoisotopic (exact) mass is 556 g/mol. The summed E-state index contributed by atoms with van der Waals surface area (Å²) in [5, 5.41) is 11.6. The van der Waals surface area contributed by atoms with Crippen molar-refractivity contribution in [1.29, 1.82) is 0 Å². The maximum Gasteiger partial charge on any atom is 0.297 e. The molecular weight excluding hydrogens is 504 g/mol. The van der Waals surface area contributed by atoms with E-state index in [0.29, 0.717) is 30.1 Å². The molecule has 5 heteroatoms. The molecule has 0 radical (unpaired) electrons. The van der Waals surface area contributed by atoms with Gasteiger partial charge in [-0.3, -0.25) is 4.18 Å². The Morgan fingerprint density at radius 2 is 1.74 bits per heavy atom. The Morgan fingerprint density at radius 1 is 1.03 bits per heavy atom. The second-order valence-electron chi connectivity index (χ2n) is 14.6. The molecule has 218 valence electrons. The summed E-state index contributed by atoms with van der Waals surface area (Å²) in [5.74, 6) is 4.21. The Morgan fingerprint density at radius 3 is 2.44 bits per heavy atom. The molecule has 4 aliphatic rings. The zero-order valence-electron chi connectivity index (χ0n) is 25.2. The minimum Gasteiger partial charge on any atom is -0.392 e. The molecule has 0 unspecified atom stereocenters. The second kappa shape index (κ2) is 10.9. The molecule has 4 aliphatic carbocycles. The van der Waals surface area contributed by atoms with Crippen LogP contribution in [-0.4, -0.2) is 25.7 Å². The minimum atomic E-state index is -3.87. The van der Waals surface area contributed by atoms with Gasteiger partial charge >= 0.3 is 0 Å². The van der Waals surface area contributed by atoms with E-state index in [0.717, 1.165) is 35.7 Å². The first-order valence-electron chi connectivity index (χ1n) is 15.7. The summed E-state index contributed by atoms with van der Waals surface area (Å²) < 4.78 is 31.8. The fourth-order valence-electron chi connectivity index (χ4n) is 9.72. The van der Waals surface area contributed by atoms with E-state index < -0.39 is 22.3 Å². The highest BCUT2D eigenvalue weighted by molar-refractivity contribution is 7.86. The van der Waals surface area contributed by atoms with E-state index in [1.165, 1.54) is 50.5 Å². The van der Waals surface area contributed by atoms with Gasteiger partial charge in [-0.15, -0.1) is 0 Å². The van der Waals surface area contributed by atoms with Crippen LogP contribution in [0.2, 0.25) is 0 Å². The van der Waals surface area contributed by atoms with Crippen LogP contribution in [-0.2, 0) is 14.3 Å². The highest BCUT2D eigenvalue weighted by atomic mass is 32.2. The molecule has 0 spiro atoms. The number of rotatable bonds is 8. The van der Waals surface area contributed by atoms with Crippen molar-refractivity contribution in [1.82, 2.24) is 0 Å². The molecule has 1 N–H and O–H groups in total. The van der Waals surface area contributed by atoms with Crippen molar-refractivity contribution in [2.45, 2.75) is 123 Å². The van der Waals surface area contributed by atoms with Crippen LogP contribution in [0, 0.1) is 53.3 Å². The van der Waals surface area contributed by atoms with Crippen LogP contribution in [0.5, 0.6) is 0 Å². The Labute approximate surface area is 238 Å². The molecule has 4 nitrogen and oxygen atoms in total. The third-order valence-electron chi connectivity index (χ3n) is 11.9. The SMILES string of the molecule is Cc1ccc(S(=O)(=O)O[C@@H]2CC3=CC[C@H]4[C@@H]5CC[C@H]([C@H](C)CCCC(C)C)[C@@]5(C)CC[C@@H]4[C@@]3(C)[C@@H](O)C2)cc1. The second-order valence-corrected chi connectivity index (χ2v) is 16.2. The first-order valence-corrected chi connectivity index (χ1v) is 17.1. The normalized spacial score (nSPS) is 39.0. The zero-order valence-corrected chi connectivity index (χ0v) is 26.0. The number of benzene rings is 1. The Hall–Kier alpha value is -1.17. The number of fused-ring (bicyclic) bond motifs is 5. The average Bonchev–Trinajstić information content (AvgIpc) is 3.22. The highest BCUT2D eigenvalue weighted by Gasteiger charge is 2.61. The van der Waals surface area contributed by atoms with Crippen LogP contribution in [0.4, 0.5) is 0 Å². The molecule has 1 aromatic rings. The van der Waals surface area contributed by atoms with E-state index in [9.17, 15) is 13.5 Å². The highest BCUT2D eigenvalue weighted by Crippen LogP contribution is 2.67. The van der Waals surface area contributed by atoms with Crippen LogP contribution in [0.25, 0.3) is 0 Å². The van der Waals surface area contributed by atoms with Crippen molar-refractivity contribution in [2.24, 2.45) is 46.3 Å². The van der Waals surface area contributed by atoms with E-state index in [1.54, 1.807) is 24.3 Å². The largest absolute Gasteiger partial charge is 0.392 e. The molecule has 0 aromatic heterocycles. The smallest absolute Gasteiger partial charge is 0.297 e. The van der Waals surface area contributed by atoms with Crippen LogP contribution < -0.4 is 0 Å². The molecule has 5 rings (SSSR count). The van der Waals surface area contributed by atoms with Crippen molar-refractivity contribution >= 4 is 10.1 Å². The Kier molecular flexibility index (Phi) is 8.20. The standard InChI is InChI=1S/C34H52O4S/c1-22(2)8-7-9-24(4)29-16-17-30-28-15-12-25-20-26(38-39(36,37)27-13-10-23(3)11-14-27)21-32(35)34(25,6)31(28)18-19-33(29,30)5/h10-14,22,24,26,28-32,35H,7-9,15-21H2,1-6H3/t24-,26-,28+,29-,30+,31+,32+,33-,34+/m1/s1.